The average Bonchev–Trinajstić information content (AvgIpc) is 2.97. The number of fused-ring (bicyclic) bond motifs is 1. The number of carbonyl (C=O) groups is 2. The summed E-state index contributed by atoms with van der Waals surface area (Å²) in [6.45, 7) is 1.49. The number of ether oxygens (including phenoxy) is 2. The zero-order valence-corrected chi connectivity index (χ0v) is 15.7. The van der Waals surface area contributed by atoms with Gasteiger partial charge in [0.15, 0.2) is 10.6 Å². The van der Waals surface area contributed by atoms with Crippen molar-refractivity contribution in [3.05, 3.63) is 52.3 Å². The van der Waals surface area contributed by atoms with Gasteiger partial charge in [-0.05, 0) is 31.2 Å². The molecule has 1 amide bonds. The Hall–Kier alpha value is -2.93. The molecule has 0 radical (unpaired) electrons. The lowest BCUT2D eigenvalue weighted by Crippen LogP contribution is -2.13. The highest BCUT2D eigenvalue weighted by molar-refractivity contribution is 7.16. The van der Waals surface area contributed by atoms with E-state index in [1.807, 2.05) is 23.7 Å². The van der Waals surface area contributed by atoms with Crippen molar-refractivity contribution >= 4 is 33.2 Å². The molecule has 0 saturated heterocycles. The number of amides is 1. The van der Waals surface area contributed by atoms with E-state index in [0.29, 0.717) is 27.4 Å². The molecule has 0 aliphatic rings. The fourth-order valence-corrected chi connectivity index (χ4v) is 3.75. The number of nitrogens with zero attached hydrogens (tertiary/aromatic N) is 2. The summed E-state index contributed by atoms with van der Waals surface area (Å²) in [5.74, 6) is 0.955. The SMILES string of the molecule is COc1ccc(OC)c2c1sc(=NC(=O)c1ccc(C(C)=O)cc1)n2C. The summed E-state index contributed by atoms with van der Waals surface area (Å²) in [6.07, 6.45) is 0. The van der Waals surface area contributed by atoms with Gasteiger partial charge in [0.25, 0.3) is 5.91 Å². The number of rotatable bonds is 4. The van der Waals surface area contributed by atoms with E-state index in [0.717, 1.165) is 10.2 Å². The lowest BCUT2D eigenvalue weighted by molar-refractivity contribution is 0.0991. The summed E-state index contributed by atoms with van der Waals surface area (Å²) in [5.41, 5.74) is 1.80. The fourth-order valence-electron chi connectivity index (χ4n) is 2.63. The molecule has 0 unspecified atom stereocenters. The van der Waals surface area contributed by atoms with E-state index in [1.54, 1.807) is 38.5 Å². The van der Waals surface area contributed by atoms with Gasteiger partial charge in [-0.2, -0.15) is 4.99 Å². The third kappa shape index (κ3) is 3.13. The standard InChI is InChI=1S/C19H18N2O4S/c1-11(22)12-5-7-13(8-6-12)18(23)20-19-21(2)16-14(24-3)9-10-15(25-4)17(16)26-19/h5-10H,1-4H3. The van der Waals surface area contributed by atoms with Crippen LogP contribution in [0, 0.1) is 0 Å². The van der Waals surface area contributed by atoms with Gasteiger partial charge in [0.05, 0.1) is 14.2 Å². The van der Waals surface area contributed by atoms with Crippen LogP contribution in [0.1, 0.15) is 27.6 Å². The highest BCUT2D eigenvalue weighted by atomic mass is 32.1. The predicted molar refractivity (Wildman–Crippen MR) is 100 cm³/mol. The van der Waals surface area contributed by atoms with Gasteiger partial charge in [-0.15, -0.1) is 0 Å². The first-order valence-corrected chi connectivity index (χ1v) is 8.68. The van der Waals surface area contributed by atoms with Crippen molar-refractivity contribution in [2.45, 2.75) is 6.92 Å². The molecule has 6 nitrogen and oxygen atoms in total. The van der Waals surface area contributed by atoms with Crippen LogP contribution in [-0.2, 0) is 7.05 Å². The Morgan fingerprint density at radius 1 is 0.962 bits per heavy atom. The molecule has 1 heterocycles. The van der Waals surface area contributed by atoms with Crippen molar-refractivity contribution in [1.82, 2.24) is 4.57 Å². The molecule has 0 atom stereocenters. The Bertz CT molecular complexity index is 1060. The Labute approximate surface area is 154 Å². The molecule has 3 aromatic rings. The average molecular weight is 370 g/mol. The summed E-state index contributed by atoms with van der Waals surface area (Å²) in [6, 6.07) is 10.1. The summed E-state index contributed by atoms with van der Waals surface area (Å²) in [7, 11) is 5.02. The molecule has 3 rings (SSSR count). The number of hydrogen-bond acceptors (Lipinski definition) is 5. The van der Waals surface area contributed by atoms with E-state index in [1.165, 1.54) is 18.3 Å². The third-order valence-corrected chi connectivity index (χ3v) is 5.20. The molecule has 7 heteroatoms. The number of benzene rings is 2. The Morgan fingerprint density at radius 2 is 1.54 bits per heavy atom. The Morgan fingerprint density at radius 3 is 2.12 bits per heavy atom. The monoisotopic (exact) mass is 370 g/mol. The molecule has 134 valence electrons. The second kappa shape index (κ2) is 7.13. The molecule has 0 fully saturated rings. The lowest BCUT2D eigenvalue weighted by atomic mass is 10.1. The zero-order chi connectivity index (χ0) is 18.8. The number of carbonyl (C=O) groups excluding carboxylic acids is 2. The lowest BCUT2D eigenvalue weighted by Gasteiger charge is -2.06. The van der Waals surface area contributed by atoms with Crippen LogP contribution in [0.3, 0.4) is 0 Å². The minimum Gasteiger partial charge on any atom is -0.495 e. The molecule has 26 heavy (non-hydrogen) atoms. The van der Waals surface area contributed by atoms with Gasteiger partial charge >= 0.3 is 0 Å². The van der Waals surface area contributed by atoms with Crippen LogP contribution in [0.4, 0.5) is 0 Å². The molecular formula is C19H18N2O4S. The number of methoxy groups -OCH3 is 2. The van der Waals surface area contributed by atoms with Crippen molar-refractivity contribution in [2.75, 3.05) is 14.2 Å². The van der Waals surface area contributed by atoms with Gasteiger partial charge in [0.1, 0.15) is 21.7 Å². The normalized spacial score (nSPS) is 11.6. The van der Waals surface area contributed by atoms with Gasteiger partial charge in [-0.25, -0.2) is 0 Å². The summed E-state index contributed by atoms with van der Waals surface area (Å²) < 4.78 is 13.5. The Kier molecular flexibility index (Phi) is 4.90. The van der Waals surface area contributed by atoms with E-state index in [2.05, 4.69) is 4.99 Å². The third-order valence-electron chi connectivity index (χ3n) is 4.05. The summed E-state index contributed by atoms with van der Waals surface area (Å²) in [5, 5.41) is 0. The quantitative estimate of drug-likeness (QED) is 0.661. The summed E-state index contributed by atoms with van der Waals surface area (Å²) >= 11 is 1.35. The molecule has 1 aromatic heterocycles. The fraction of sp³-hybridized carbons (Fsp3) is 0.211. The maximum Gasteiger partial charge on any atom is 0.279 e. The van der Waals surface area contributed by atoms with Crippen LogP contribution in [0.15, 0.2) is 41.4 Å². The van der Waals surface area contributed by atoms with Gasteiger partial charge in [0, 0.05) is 18.2 Å². The second-order valence-corrected chi connectivity index (χ2v) is 6.62. The van der Waals surface area contributed by atoms with Crippen LogP contribution in [-0.4, -0.2) is 30.5 Å². The first kappa shape index (κ1) is 17.9. The molecule has 0 bridgehead atoms. The van der Waals surface area contributed by atoms with Crippen molar-refractivity contribution in [1.29, 1.82) is 0 Å². The van der Waals surface area contributed by atoms with E-state index in [4.69, 9.17) is 9.47 Å². The molecule has 0 N–H and O–H groups in total. The molecule has 0 aliphatic heterocycles. The zero-order valence-electron chi connectivity index (χ0n) is 14.9. The van der Waals surface area contributed by atoms with E-state index in [9.17, 15) is 9.59 Å². The minimum atomic E-state index is -0.375. The Balaban J connectivity index is 2.11. The second-order valence-electron chi connectivity index (χ2n) is 5.64. The van der Waals surface area contributed by atoms with Crippen LogP contribution in [0.2, 0.25) is 0 Å². The maximum absolute atomic E-state index is 12.5. The first-order valence-electron chi connectivity index (χ1n) is 7.86. The van der Waals surface area contributed by atoms with Crippen molar-refractivity contribution in [3.63, 3.8) is 0 Å². The molecule has 0 spiro atoms. The minimum absolute atomic E-state index is 0.0453. The first-order chi connectivity index (χ1) is 12.5. The number of aryl methyl sites for hydroxylation is 1. The predicted octanol–water partition coefficient (Wildman–Crippen LogP) is 3.20. The molecule has 2 aromatic carbocycles. The maximum atomic E-state index is 12.5. The molecule has 0 aliphatic carbocycles. The molecule has 0 saturated carbocycles. The van der Waals surface area contributed by atoms with E-state index < -0.39 is 0 Å². The topological polar surface area (TPSA) is 69.9 Å². The van der Waals surface area contributed by atoms with Crippen molar-refractivity contribution < 1.29 is 19.1 Å². The summed E-state index contributed by atoms with van der Waals surface area (Å²) in [4.78, 5) is 28.6. The smallest absolute Gasteiger partial charge is 0.279 e. The van der Waals surface area contributed by atoms with Crippen LogP contribution < -0.4 is 14.3 Å². The number of Topliss-reactive ketones (excluding diaryl/α,β-unsaturated/α-hetero) is 1. The van der Waals surface area contributed by atoms with Gasteiger partial charge in [-0.1, -0.05) is 23.5 Å². The van der Waals surface area contributed by atoms with Crippen LogP contribution in [0.25, 0.3) is 10.2 Å². The number of thiazole rings is 1. The highest BCUT2D eigenvalue weighted by Gasteiger charge is 2.15. The molecular weight excluding hydrogens is 352 g/mol. The van der Waals surface area contributed by atoms with Gasteiger partial charge < -0.3 is 14.0 Å². The largest absolute Gasteiger partial charge is 0.495 e. The van der Waals surface area contributed by atoms with E-state index in [-0.39, 0.29) is 11.7 Å². The highest BCUT2D eigenvalue weighted by Crippen LogP contribution is 2.34. The van der Waals surface area contributed by atoms with Crippen molar-refractivity contribution in [3.8, 4) is 11.5 Å². The number of hydrogen-bond donors (Lipinski definition) is 0. The van der Waals surface area contributed by atoms with E-state index >= 15 is 0 Å². The van der Waals surface area contributed by atoms with Gasteiger partial charge in [0.2, 0.25) is 0 Å². The van der Waals surface area contributed by atoms with Crippen molar-refractivity contribution in [2.24, 2.45) is 12.0 Å². The number of aromatic nitrogens is 1. The number of ketones is 1. The van der Waals surface area contributed by atoms with Gasteiger partial charge in [-0.3, -0.25) is 9.59 Å². The van der Waals surface area contributed by atoms with Crippen LogP contribution in [0.5, 0.6) is 11.5 Å². The van der Waals surface area contributed by atoms with Crippen LogP contribution >= 0.6 is 11.3 Å².